The van der Waals surface area contributed by atoms with Crippen LogP contribution in [0.2, 0.25) is 0 Å². The number of ether oxygens (including phenoxy) is 1. The second-order valence-electron chi connectivity index (χ2n) is 6.82. The zero-order chi connectivity index (χ0) is 22.2. The molecule has 0 amide bonds. The molecule has 0 atom stereocenters. The Labute approximate surface area is 188 Å². The molecule has 1 aliphatic heterocycles. The van der Waals surface area contributed by atoms with Gasteiger partial charge in [0.05, 0.1) is 23.7 Å². The summed E-state index contributed by atoms with van der Waals surface area (Å²) in [4.78, 5) is 12.5. The van der Waals surface area contributed by atoms with E-state index in [0.29, 0.717) is 11.1 Å². The van der Waals surface area contributed by atoms with Gasteiger partial charge < -0.3 is 4.74 Å². The maximum Gasteiger partial charge on any atom is 0.351 e. The van der Waals surface area contributed by atoms with Gasteiger partial charge in [-0.25, -0.2) is 13.2 Å². The lowest BCUT2D eigenvalue weighted by molar-refractivity contribution is -0.137. The van der Waals surface area contributed by atoms with E-state index in [1.807, 2.05) is 42.5 Å². The summed E-state index contributed by atoms with van der Waals surface area (Å²) in [6.45, 7) is 1.64. The Morgan fingerprint density at radius 1 is 1.10 bits per heavy atom. The van der Waals surface area contributed by atoms with Crippen molar-refractivity contribution in [3.63, 3.8) is 0 Å². The standard InChI is InChI=1S/C23H17BrN2O4S/c1-2-30-23(27)19(13-25)22-18-9-5-6-10-20(18)31(28,29)26(22)14-16-12-11-15-7-3-4-8-17(15)21(16)24/h3-12H,2,14H2,1H3/b22-19-. The van der Waals surface area contributed by atoms with E-state index in [4.69, 9.17) is 4.74 Å². The number of benzene rings is 3. The highest BCUT2D eigenvalue weighted by Gasteiger charge is 2.41. The zero-order valence-electron chi connectivity index (χ0n) is 16.5. The Morgan fingerprint density at radius 2 is 1.81 bits per heavy atom. The maximum absolute atomic E-state index is 13.4. The number of esters is 1. The van der Waals surface area contributed by atoms with Crippen LogP contribution in [0.1, 0.15) is 18.1 Å². The lowest BCUT2D eigenvalue weighted by Gasteiger charge is -2.21. The number of sulfonamides is 1. The Hall–Kier alpha value is -3.15. The average Bonchev–Trinajstić information content (AvgIpc) is 2.98. The molecule has 0 bridgehead atoms. The highest BCUT2D eigenvalue weighted by Crippen LogP contribution is 2.42. The predicted molar refractivity (Wildman–Crippen MR) is 120 cm³/mol. The molecule has 4 rings (SSSR count). The van der Waals surface area contributed by atoms with Crippen molar-refractivity contribution in [1.82, 2.24) is 4.31 Å². The fourth-order valence-electron chi connectivity index (χ4n) is 3.64. The smallest absolute Gasteiger partial charge is 0.351 e. The van der Waals surface area contributed by atoms with Gasteiger partial charge >= 0.3 is 5.97 Å². The number of nitriles is 1. The van der Waals surface area contributed by atoms with Crippen LogP contribution in [0.15, 0.2) is 75.6 Å². The summed E-state index contributed by atoms with van der Waals surface area (Å²) in [5.74, 6) is -0.852. The van der Waals surface area contributed by atoms with Gasteiger partial charge in [0.25, 0.3) is 10.0 Å². The Bertz CT molecular complexity index is 1390. The first-order chi connectivity index (χ1) is 14.9. The summed E-state index contributed by atoms with van der Waals surface area (Å²) in [5.41, 5.74) is 0.710. The summed E-state index contributed by atoms with van der Waals surface area (Å²) >= 11 is 3.60. The van der Waals surface area contributed by atoms with Crippen molar-refractivity contribution >= 4 is 48.4 Å². The SMILES string of the molecule is CCOC(=O)/C(C#N)=C1/c2ccccc2S(=O)(=O)N1Cc1ccc2ccccc2c1Br. The third-order valence-corrected chi connectivity index (χ3v) is 7.79. The summed E-state index contributed by atoms with van der Waals surface area (Å²) in [6.07, 6.45) is 0. The molecule has 0 radical (unpaired) electrons. The van der Waals surface area contributed by atoms with E-state index in [9.17, 15) is 18.5 Å². The molecule has 0 N–H and O–H groups in total. The van der Waals surface area contributed by atoms with Gasteiger partial charge in [0.2, 0.25) is 0 Å². The highest BCUT2D eigenvalue weighted by atomic mass is 79.9. The molecule has 3 aromatic carbocycles. The second kappa shape index (κ2) is 8.17. The molecule has 8 heteroatoms. The van der Waals surface area contributed by atoms with E-state index in [2.05, 4.69) is 15.9 Å². The van der Waals surface area contributed by atoms with Gasteiger partial charge in [-0.3, -0.25) is 4.31 Å². The molecule has 156 valence electrons. The van der Waals surface area contributed by atoms with Crippen molar-refractivity contribution in [2.24, 2.45) is 0 Å². The number of nitrogens with zero attached hydrogens (tertiary/aromatic N) is 2. The van der Waals surface area contributed by atoms with E-state index < -0.39 is 16.0 Å². The van der Waals surface area contributed by atoms with E-state index in [0.717, 1.165) is 19.6 Å². The number of hydrogen-bond acceptors (Lipinski definition) is 5. The van der Waals surface area contributed by atoms with Crippen LogP contribution in [0, 0.1) is 11.3 Å². The molecular formula is C23H17BrN2O4S. The van der Waals surface area contributed by atoms with Gasteiger partial charge in [-0.1, -0.05) is 54.6 Å². The summed E-state index contributed by atoms with van der Waals surface area (Å²) < 4.78 is 33.7. The third-order valence-electron chi connectivity index (χ3n) is 5.05. The van der Waals surface area contributed by atoms with Gasteiger partial charge in [0.1, 0.15) is 6.07 Å². The van der Waals surface area contributed by atoms with E-state index in [-0.39, 0.29) is 29.3 Å². The van der Waals surface area contributed by atoms with Gasteiger partial charge in [-0.2, -0.15) is 5.26 Å². The second-order valence-corrected chi connectivity index (χ2v) is 9.45. The zero-order valence-corrected chi connectivity index (χ0v) is 18.9. The molecule has 0 aliphatic carbocycles. The van der Waals surface area contributed by atoms with Crippen molar-refractivity contribution in [2.75, 3.05) is 6.61 Å². The fourth-order valence-corrected chi connectivity index (χ4v) is 5.93. The third kappa shape index (κ3) is 3.50. The number of hydrogen-bond donors (Lipinski definition) is 0. The quantitative estimate of drug-likeness (QED) is 0.299. The minimum absolute atomic E-state index is 0.0385. The largest absolute Gasteiger partial charge is 0.462 e. The number of halogens is 1. The first-order valence-electron chi connectivity index (χ1n) is 9.50. The predicted octanol–water partition coefficient (Wildman–Crippen LogP) is 4.60. The molecule has 1 aliphatic rings. The van der Waals surface area contributed by atoms with Gasteiger partial charge in [-0.15, -0.1) is 0 Å². The van der Waals surface area contributed by atoms with Crippen LogP contribution in [0.4, 0.5) is 0 Å². The molecule has 0 saturated carbocycles. The monoisotopic (exact) mass is 496 g/mol. The minimum Gasteiger partial charge on any atom is -0.462 e. The first-order valence-corrected chi connectivity index (χ1v) is 11.7. The van der Waals surface area contributed by atoms with Crippen molar-refractivity contribution in [3.8, 4) is 6.07 Å². The van der Waals surface area contributed by atoms with Crippen molar-refractivity contribution in [2.45, 2.75) is 18.4 Å². The number of carbonyl (C=O) groups excluding carboxylic acids is 1. The highest BCUT2D eigenvalue weighted by molar-refractivity contribution is 9.10. The molecule has 0 saturated heterocycles. The lowest BCUT2D eigenvalue weighted by atomic mass is 10.0. The molecule has 0 spiro atoms. The summed E-state index contributed by atoms with van der Waals surface area (Å²) in [5, 5.41) is 11.7. The Balaban J connectivity index is 1.92. The Morgan fingerprint density at radius 3 is 2.55 bits per heavy atom. The normalized spacial score (nSPS) is 16.0. The molecule has 31 heavy (non-hydrogen) atoms. The van der Waals surface area contributed by atoms with Crippen molar-refractivity contribution < 1.29 is 17.9 Å². The maximum atomic E-state index is 13.4. The molecule has 1 heterocycles. The van der Waals surface area contributed by atoms with Crippen LogP contribution in [0.25, 0.3) is 16.5 Å². The van der Waals surface area contributed by atoms with Crippen LogP contribution in [-0.4, -0.2) is 25.3 Å². The summed E-state index contributed by atoms with van der Waals surface area (Å²) in [7, 11) is -3.97. The molecule has 0 unspecified atom stereocenters. The average molecular weight is 497 g/mol. The van der Waals surface area contributed by atoms with Crippen LogP contribution >= 0.6 is 15.9 Å². The van der Waals surface area contributed by atoms with Gasteiger partial charge in [-0.05, 0) is 45.3 Å². The molecule has 0 fully saturated rings. The number of carbonyl (C=O) groups is 1. The van der Waals surface area contributed by atoms with Crippen LogP contribution in [0.3, 0.4) is 0 Å². The topological polar surface area (TPSA) is 87.5 Å². The van der Waals surface area contributed by atoms with Crippen molar-refractivity contribution in [1.29, 1.82) is 5.26 Å². The minimum atomic E-state index is -3.97. The van der Waals surface area contributed by atoms with Crippen molar-refractivity contribution in [3.05, 3.63) is 81.8 Å². The van der Waals surface area contributed by atoms with E-state index in [1.165, 1.54) is 6.07 Å². The first kappa shape index (κ1) is 21.1. The van der Waals surface area contributed by atoms with Crippen LogP contribution < -0.4 is 0 Å². The number of rotatable bonds is 4. The molecule has 3 aromatic rings. The lowest BCUT2D eigenvalue weighted by Crippen LogP contribution is -2.25. The van der Waals surface area contributed by atoms with Gasteiger partial charge in [0, 0.05) is 10.0 Å². The number of fused-ring (bicyclic) bond motifs is 2. The van der Waals surface area contributed by atoms with E-state index >= 15 is 0 Å². The fraction of sp³-hybridized carbons (Fsp3) is 0.130. The molecular weight excluding hydrogens is 480 g/mol. The van der Waals surface area contributed by atoms with Crippen LogP contribution in [0.5, 0.6) is 0 Å². The van der Waals surface area contributed by atoms with E-state index in [1.54, 1.807) is 25.1 Å². The van der Waals surface area contributed by atoms with Gasteiger partial charge in [0.15, 0.2) is 5.57 Å². The molecule has 0 aromatic heterocycles. The van der Waals surface area contributed by atoms with Crippen LogP contribution in [-0.2, 0) is 26.1 Å². The Kier molecular flexibility index (Phi) is 5.56. The molecule has 6 nitrogen and oxygen atoms in total. The summed E-state index contributed by atoms with van der Waals surface area (Å²) in [6, 6.07) is 19.7.